The number of nitrogens with one attached hydrogen (secondary N) is 2. The Kier molecular flexibility index (Phi) is 4.15. The number of hydrogen-bond acceptors (Lipinski definition) is 5. The molecular formula is C13H11F3N4O2. The van der Waals surface area contributed by atoms with Gasteiger partial charge in [-0.3, -0.25) is 0 Å². The molecular weight excluding hydrogens is 301 g/mol. The van der Waals surface area contributed by atoms with Gasteiger partial charge in [0.2, 0.25) is 5.95 Å². The zero-order valence-corrected chi connectivity index (χ0v) is 11.3. The highest BCUT2D eigenvalue weighted by atomic mass is 19.4. The van der Waals surface area contributed by atoms with Crippen molar-refractivity contribution in [2.45, 2.75) is 6.18 Å². The number of anilines is 3. The first kappa shape index (κ1) is 15.5. The Morgan fingerprint density at radius 1 is 1.27 bits per heavy atom. The summed E-state index contributed by atoms with van der Waals surface area (Å²) in [5.41, 5.74) is -0.874. The van der Waals surface area contributed by atoms with E-state index in [4.69, 9.17) is 5.11 Å². The zero-order valence-electron chi connectivity index (χ0n) is 11.3. The number of hydrogen-bond donors (Lipinski definition) is 3. The highest BCUT2D eigenvalue weighted by Gasteiger charge is 2.35. The molecule has 2 rings (SSSR count). The van der Waals surface area contributed by atoms with Gasteiger partial charge in [-0.15, -0.1) is 0 Å². The molecule has 0 atom stereocenters. The van der Waals surface area contributed by atoms with E-state index < -0.39 is 23.5 Å². The number of aromatic carboxylic acids is 1. The number of aromatic nitrogens is 2. The van der Waals surface area contributed by atoms with Crippen LogP contribution in [0.15, 0.2) is 30.5 Å². The SMILES string of the molecule is CNc1nc(Nc2ccccc2C(=O)O)ncc1C(F)(F)F. The van der Waals surface area contributed by atoms with Gasteiger partial charge in [-0.1, -0.05) is 12.1 Å². The minimum Gasteiger partial charge on any atom is -0.478 e. The van der Waals surface area contributed by atoms with E-state index in [2.05, 4.69) is 20.6 Å². The molecule has 0 aliphatic rings. The summed E-state index contributed by atoms with van der Waals surface area (Å²) >= 11 is 0. The summed E-state index contributed by atoms with van der Waals surface area (Å²) in [5, 5.41) is 14.0. The van der Waals surface area contributed by atoms with Crippen molar-refractivity contribution in [1.82, 2.24) is 9.97 Å². The molecule has 6 nitrogen and oxygen atoms in total. The van der Waals surface area contributed by atoms with E-state index in [0.717, 1.165) is 0 Å². The van der Waals surface area contributed by atoms with Crippen LogP contribution in [-0.2, 0) is 6.18 Å². The zero-order chi connectivity index (χ0) is 16.3. The number of nitrogens with zero attached hydrogens (tertiary/aromatic N) is 2. The van der Waals surface area contributed by atoms with E-state index in [-0.39, 0.29) is 17.2 Å². The highest BCUT2D eigenvalue weighted by molar-refractivity contribution is 5.94. The molecule has 0 fully saturated rings. The monoisotopic (exact) mass is 312 g/mol. The summed E-state index contributed by atoms with van der Waals surface area (Å²) in [6.45, 7) is 0. The predicted molar refractivity (Wildman–Crippen MR) is 73.3 cm³/mol. The van der Waals surface area contributed by atoms with Crippen LogP contribution in [-0.4, -0.2) is 28.1 Å². The van der Waals surface area contributed by atoms with E-state index in [9.17, 15) is 18.0 Å². The number of alkyl halides is 3. The van der Waals surface area contributed by atoms with Crippen LogP contribution in [0.5, 0.6) is 0 Å². The second kappa shape index (κ2) is 5.88. The lowest BCUT2D eigenvalue weighted by Crippen LogP contribution is -2.13. The fraction of sp³-hybridized carbons (Fsp3) is 0.154. The molecule has 0 saturated heterocycles. The van der Waals surface area contributed by atoms with Crippen molar-refractivity contribution in [2.24, 2.45) is 0 Å². The molecule has 3 N–H and O–H groups in total. The van der Waals surface area contributed by atoms with Crippen molar-refractivity contribution < 1.29 is 23.1 Å². The van der Waals surface area contributed by atoms with E-state index in [0.29, 0.717) is 6.20 Å². The van der Waals surface area contributed by atoms with Crippen LogP contribution in [0.1, 0.15) is 15.9 Å². The topological polar surface area (TPSA) is 87.1 Å². The van der Waals surface area contributed by atoms with Gasteiger partial charge in [0.15, 0.2) is 0 Å². The number of carboxylic acids is 1. The standard InChI is InChI=1S/C13H11F3N4O2/c1-17-10-8(13(14,15)16)6-18-12(20-10)19-9-5-3-2-4-7(9)11(21)22/h2-6H,1H3,(H,21,22)(H2,17,18,19,20). The maximum Gasteiger partial charge on any atom is 0.421 e. The summed E-state index contributed by atoms with van der Waals surface area (Å²) in [6.07, 6.45) is -3.96. The van der Waals surface area contributed by atoms with Gasteiger partial charge < -0.3 is 15.7 Å². The maximum atomic E-state index is 12.7. The fourth-order valence-electron chi connectivity index (χ4n) is 1.74. The van der Waals surface area contributed by atoms with Crippen LogP contribution in [0.2, 0.25) is 0 Å². The molecule has 0 aliphatic carbocycles. The lowest BCUT2D eigenvalue weighted by Gasteiger charge is -2.13. The number of carbonyl (C=O) groups is 1. The van der Waals surface area contributed by atoms with Crippen LogP contribution >= 0.6 is 0 Å². The minimum absolute atomic E-state index is 0.0444. The Balaban J connectivity index is 2.38. The first-order valence-electron chi connectivity index (χ1n) is 6.04. The van der Waals surface area contributed by atoms with E-state index in [1.165, 1.54) is 25.2 Å². The molecule has 0 aliphatic heterocycles. The first-order chi connectivity index (χ1) is 10.3. The van der Waals surface area contributed by atoms with E-state index in [1.54, 1.807) is 6.07 Å². The molecule has 116 valence electrons. The molecule has 9 heteroatoms. The van der Waals surface area contributed by atoms with E-state index >= 15 is 0 Å². The smallest absolute Gasteiger partial charge is 0.421 e. The molecule has 0 radical (unpaired) electrons. The number of para-hydroxylation sites is 1. The maximum absolute atomic E-state index is 12.7. The number of rotatable bonds is 4. The Labute approximate surface area is 123 Å². The third kappa shape index (κ3) is 3.25. The number of benzene rings is 1. The third-order valence-corrected chi connectivity index (χ3v) is 2.73. The van der Waals surface area contributed by atoms with Gasteiger partial charge in [0.05, 0.1) is 11.3 Å². The van der Waals surface area contributed by atoms with Crippen molar-refractivity contribution >= 4 is 23.4 Å². The molecule has 0 unspecified atom stereocenters. The van der Waals surface area contributed by atoms with Gasteiger partial charge in [-0.25, -0.2) is 9.78 Å². The molecule has 1 heterocycles. The lowest BCUT2D eigenvalue weighted by molar-refractivity contribution is -0.137. The minimum atomic E-state index is -4.59. The second-order valence-corrected chi connectivity index (χ2v) is 4.18. The van der Waals surface area contributed by atoms with Crippen molar-refractivity contribution in [3.63, 3.8) is 0 Å². The summed E-state index contributed by atoms with van der Waals surface area (Å²) in [7, 11) is 1.30. The van der Waals surface area contributed by atoms with Crippen LogP contribution in [0.4, 0.5) is 30.6 Å². The normalized spacial score (nSPS) is 11.1. The van der Waals surface area contributed by atoms with Crippen LogP contribution < -0.4 is 10.6 Å². The van der Waals surface area contributed by atoms with Crippen LogP contribution in [0.3, 0.4) is 0 Å². The van der Waals surface area contributed by atoms with E-state index in [1.807, 2.05) is 0 Å². The number of halogens is 3. The van der Waals surface area contributed by atoms with Crippen LogP contribution in [0, 0.1) is 0 Å². The van der Waals surface area contributed by atoms with Crippen LogP contribution in [0.25, 0.3) is 0 Å². The van der Waals surface area contributed by atoms with Crippen molar-refractivity contribution in [1.29, 1.82) is 0 Å². The van der Waals surface area contributed by atoms with Gasteiger partial charge in [0.25, 0.3) is 0 Å². The summed E-state index contributed by atoms with van der Waals surface area (Å²) < 4.78 is 38.2. The fourth-order valence-corrected chi connectivity index (χ4v) is 1.74. The van der Waals surface area contributed by atoms with Gasteiger partial charge in [-0.2, -0.15) is 18.2 Å². The summed E-state index contributed by atoms with van der Waals surface area (Å²) in [5.74, 6) is -1.73. The summed E-state index contributed by atoms with van der Waals surface area (Å²) in [4.78, 5) is 18.4. The lowest BCUT2D eigenvalue weighted by atomic mass is 10.2. The molecule has 0 spiro atoms. The predicted octanol–water partition coefficient (Wildman–Crippen LogP) is 2.98. The largest absolute Gasteiger partial charge is 0.478 e. The molecule has 0 saturated carbocycles. The Hall–Kier alpha value is -2.84. The molecule has 1 aromatic carbocycles. The third-order valence-electron chi connectivity index (χ3n) is 2.73. The van der Waals surface area contributed by atoms with Gasteiger partial charge in [0, 0.05) is 13.2 Å². The molecule has 2 aromatic rings. The first-order valence-corrected chi connectivity index (χ1v) is 6.04. The average molecular weight is 312 g/mol. The second-order valence-electron chi connectivity index (χ2n) is 4.18. The molecule has 0 amide bonds. The van der Waals surface area contributed by atoms with Crippen molar-refractivity contribution in [3.05, 3.63) is 41.6 Å². The van der Waals surface area contributed by atoms with Gasteiger partial charge in [-0.05, 0) is 12.1 Å². The van der Waals surface area contributed by atoms with Crippen molar-refractivity contribution in [3.8, 4) is 0 Å². The number of carboxylic acid groups (broad SMARTS) is 1. The Morgan fingerprint density at radius 2 is 1.95 bits per heavy atom. The van der Waals surface area contributed by atoms with Gasteiger partial charge in [0.1, 0.15) is 11.4 Å². The Morgan fingerprint density at radius 3 is 2.55 bits per heavy atom. The average Bonchev–Trinajstić information content (AvgIpc) is 2.46. The van der Waals surface area contributed by atoms with Crippen molar-refractivity contribution in [2.75, 3.05) is 17.7 Å². The highest BCUT2D eigenvalue weighted by Crippen LogP contribution is 2.33. The molecule has 1 aromatic heterocycles. The van der Waals surface area contributed by atoms with Gasteiger partial charge >= 0.3 is 12.1 Å². The molecule has 0 bridgehead atoms. The Bertz CT molecular complexity index is 704. The quantitative estimate of drug-likeness (QED) is 0.804. The summed E-state index contributed by atoms with van der Waals surface area (Å²) in [6, 6.07) is 5.93. The molecule has 22 heavy (non-hydrogen) atoms.